The van der Waals surface area contributed by atoms with Gasteiger partial charge in [0.25, 0.3) is 5.91 Å². The number of benzene rings is 2. The van der Waals surface area contributed by atoms with Gasteiger partial charge in [-0.05, 0) is 43.2 Å². The van der Waals surface area contributed by atoms with Crippen LogP contribution in [0, 0.1) is 13.8 Å². The molecule has 1 N–H and O–H groups in total. The first-order valence-corrected chi connectivity index (χ1v) is 8.39. The van der Waals surface area contributed by atoms with Gasteiger partial charge in [0.1, 0.15) is 5.69 Å². The summed E-state index contributed by atoms with van der Waals surface area (Å²) in [7, 11) is 3.99. The first kappa shape index (κ1) is 15.5. The first-order valence-electron chi connectivity index (χ1n) is 8.39. The quantitative estimate of drug-likeness (QED) is 0.575. The van der Waals surface area contributed by atoms with Gasteiger partial charge in [0.15, 0.2) is 0 Å². The molecule has 0 bridgehead atoms. The second-order valence-corrected chi connectivity index (χ2v) is 6.67. The van der Waals surface area contributed by atoms with E-state index in [1.807, 2.05) is 68.9 Å². The van der Waals surface area contributed by atoms with Crippen LogP contribution in [0.1, 0.15) is 21.6 Å². The molecule has 0 aliphatic carbocycles. The molecule has 25 heavy (non-hydrogen) atoms. The maximum Gasteiger partial charge on any atom is 0.272 e. The molecule has 2 aromatic carbocycles. The molecule has 4 aromatic rings. The van der Waals surface area contributed by atoms with Crippen LogP contribution in [0.4, 0.5) is 5.69 Å². The fraction of sp³-hybridized carbons (Fsp3) is 0.190. The van der Waals surface area contributed by atoms with E-state index in [4.69, 9.17) is 0 Å². The van der Waals surface area contributed by atoms with Crippen molar-refractivity contribution >= 4 is 33.5 Å². The predicted molar refractivity (Wildman–Crippen MR) is 103 cm³/mol. The van der Waals surface area contributed by atoms with Crippen molar-refractivity contribution in [3.05, 3.63) is 65.4 Å². The number of nitrogens with one attached hydrogen (secondary N) is 1. The molecule has 0 atom stereocenters. The fourth-order valence-electron chi connectivity index (χ4n) is 3.53. The molecule has 126 valence electrons. The Morgan fingerprint density at radius 3 is 2.48 bits per heavy atom. The number of hydrogen-bond acceptors (Lipinski definition) is 1. The number of rotatable bonds is 2. The molecule has 4 nitrogen and oxygen atoms in total. The number of para-hydroxylation sites is 1. The van der Waals surface area contributed by atoms with E-state index in [1.165, 1.54) is 5.52 Å². The van der Waals surface area contributed by atoms with E-state index in [2.05, 4.69) is 22.0 Å². The van der Waals surface area contributed by atoms with Crippen molar-refractivity contribution in [1.29, 1.82) is 0 Å². The van der Waals surface area contributed by atoms with Gasteiger partial charge in [0.2, 0.25) is 0 Å². The van der Waals surface area contributed by atoms with Crippen molar-refractivity contribution in [3.63, 3.8) is 0 Å². The lowest BCUT2D eigenvalue weighted by atomic mass is 10.1. The number of aromatic nitrogens is 2. The lowest BCUT2D eigenvalue weighted by molar-refractivity contribution is 0.101. The third-order valence-electron chi connectivity index (χ3n) is 4.97. The van der Waals surface area contributed by atoms with Gasteiger partial charge in [-0.3, -0.25) is 4.79 Å². The second kappa shape index (κ2) is 5.52. The van der Waals surface area contributed by atoms with Crippen molar-refractivity contribution in [2.45, 2.75) is 13.8 Å². The summed E-state index contributed by atoms with van der Waals surface area (Å²) in [6, 6.07) is 16.3. The molecule has 2 heterocycles. The van der Waals surface area contributed by atoms with Crippen molar-refractivity contribution in [2.24, 2.45) is 14.1 Å². The molecular weight excluding hydrogens is 310 g/mol. The highest BCUT2D eigenvalue weighted by molar-refractivity contribution is 6.12. The monoisotopic (exact) mass is 331 g/mol. The van der Waals surface area contributed by atoms with E-state index in [0.29, 0.717) is 5.69 Å². The zero-order valence-corrected chi connectivity index (χ0v) is 14.9. The SMILES string of the molecule is Cc1ccc(C)c(NC(=O)c2cc3c(c4ccccc4n3C)n2C)c1. The van der Waals surface area contributed by atoms with Crippen LogP contribution >= 0.6 is 0 Å². The average molecular weight is 331 g/mol. The van der Waals surface area contributed by atoms with Gasteiger partial charge in [-0.2, -0.15) is 0 Å². The number of nitrogens with zero attached hydrogens (tertiary/aromatic N) is 2. The summed E-state index contributed by atoms with van der Waals surface area (Å²) in [5.41, 5.74) is 7.03. The highest BCUT2D eigenvalue weighted by Gasteiger charge is 2.19. The molecule has 0 aliphatic rings. The normalized spacial score (nSPS) is 11.4. The van der Waals surface area contributed by atoms with E-state index in [1.54, 1.807) is 0 Å². The molecule has 0 saturated heterocycles. The molecule has 0 spiro atoms. The van der Waals surface area contributed by atoms with E-state index in [-0.39, 0.29) is 5.91 Å². The summed E-state index contributed by atoms with van der Waals surface area (Å²) in [5.74, 6) is -0.0866. The molecule has 1 amide bonds. The summed E-state index contributed by atoms with van der Waals surface area (Å²) in [6.07, 6.45) is 0. The largest absolute Gasteiger partial charge is 0.342 e. The van der Waals surface area contributed by atoms with Crippen molar-refractivity contribution < 1.29 is 4.79 Å². The first-order chi connectivity index (χ1) is 12.0. The van der Waals surface area contributed by atoms with Gasteiger partial charge in [-0.25, -0.2) is 0 Å². The zero-order chi connectivity index (χ0) is 17.7. The Balaban J connectivity index is 1.81. The minimum atomic E-state index is -0.0866. The van der Waals surface area contributed by atoms with Crippen LogP contribution < -0.4 is 5.32 Å². The topological polar surface area (TPSA) is 39.0 Å². The Kier molecular flexibility index (Phi) is 3.42. The number of anilines is 1. The van der Waals surface area contributed by atoms with Gasteiger partial charge in [0, 0.05) is 25.2 Å². The van der Waals surface area contributed by atoms with E-state index in [0.717, 1.165) is 33.2 Å². The van der Waals surface area contributed by atoms with Crippen LogP contribution in [-0.2, 0) is 14.1 Å². The fourth-order valence-corrected chi connectivity index (χ4v) is 3.53. The summed E-state index contributed by atoms with van der Waals surface area (Å²) < 4.78 is 4.12. The second-order valence-electron chi connectivity index (χ2n) is 6.67. The number of fused-ring (bicyclic) bond motifs is 3. The van der Waals surface area contributed by atoms with E-state index >= 15 is 0 Å². The number of carbonyl (C=O) groups excluding carboxylic acids is 1. The van der Waals surface area contributed by atoms with Crippen LogP contribution in [0.2, 0.25) is 0 Å². The lowest BCUT2D eigenvalue weighted by Gasteiger charge is -2.10. The molecule has 4 heteroatoms. The molecule has 0 aliphatic heterocycles. The number of amides is 1. The van der Waals surface area contributed by atoms with Gasteiger partial charge in [0.05, 0.1) is 16.6 Å². The molecule has 0 saturated carbocycles. The maximum absolute atomic E-state index is 12.9. The van der Waals surface area contributed by atoms with Crippen molar-refractivity contribution in [3.8, 4) is 0 Å². The standard InChI is InChI=1S/C21H21N3O/c1-13-9-10-14(2)16(11-13)22-21(25)19-12-18-20(24(19)4)15-7-5-6-8-17(15)23(18)3/h5-12H,1-4H3,(H,22,25). The summed E-state index contributed by atoms with van der Waals surface area (Å²) in [6.45, 7) is 4.03. The minimum Gasteiger partial charge on any atom is -0.342 e. The third-order valence-corrected chi connectivity index (χ3v) is 4.97. The third kappa shape index (κ3) is 2.33. The van der Waals surface area contributed by atoms with Gasteiger partial charge in [-0.1, -0.05) is 30.3 Å². The lowest BCUT2D eigenvalue weighted by Crippen LogP contribution is -2.16. The molecule has 2 aromatic heterocycles. The van der Waals surface area contributed by atoms with E-state index in [9.17, 15) is 4.79 Å². The van der Waals surface area contributed by atoms with Crippen molar-refractivity contribution in [1.82, 2.24) is 9.13 Å². The number of carbonyl (C=O) groups is 1. The summed E-state index contributed by atoms with van der Waals surface area (Å²) in [5, 5.41) is 4.22. The van der Waals surface area contributed by atoms with Crippen LogP contribution in [0.5, 0.6) is 0 Å². The molecule has 4 rings (SSSR count). The maximum atomic E-state index is 12.9. The molecule has 0 radical (unpaired) electrons. The van der Waals surface area contributed by atoms with Crippen LogP contribution in [0.15, 0.2) is 48.5 Å². The highest BCUT2D eigenvalue weighted by atomic mass is 16.1. The average Bonchev–Trinajstić information content (AvgIpc) is 3.08. The number of aryl methyl sites for hydroxylation is 4. The molecular formula is C21H21N3O. The smallest absolute Gasteiger partial charge is 0.272 e. The summed E-state index contributed by atoms with van der Waals surface area (Å²) in [4.78, 5) is 12.9. The van der Waals surface area contributed by atoms with Crippen LogP contribution in [-0.4, -0.2) is 15.0 Å². The summed E-state index contributed by atoms with van der Waals surface area (Å²) >= 11 is 0. The Morgan fingerprint density at radius 1 is 0.920 bits per heavy atom. The van der Waals surface area contributed by atoms with Gasteiger partial charge < -0.3 is 14.5 Å². The Morgan fingerprint density at radius 2 is 1.68 bits per heavy atom. The predicted octanol–water partition coefficient (Wildman–Crippen LogP) is 4.54. The Hall–Kier alpha value is -3.01. The van der Waals surface area contributed by atoms with E-state index < -0.39 is 0 Å². The Labute approximate surface area is 146 Å². The van der Waals surface area contributed by atoms with Crippen molar-refractivity contribution in [2.75, 3.05) is 5.32 Å². The number of hydrogen-bond donors (Lipinski definition) is 1. The minimum absolute atomic E-state index is 0.0866. The highest BCUT2D eigenvalue weighted by Crippen LogP contribution is 2.30. The van der Waals surface area contributed by atoms with Gasteiger partial charge in [-0.15, -0.1) is 0 Å². The molecule has 0 fully saturated rings. The van der Waals surface area contributed by atoms with Crippen LogP contribution in [0.3, 0.4) is 0 Å². The molecule has 0 unspecified atom stereocenters. The van der Waals surface area contributed by atoms with Crippen LogP contribution in [0.25, 0.3) is 21.9 Å². The Bertz CT molecular complexity index is 1130. The van der Waals surface area contributed by atoms with Gasteiger partial charge >= 0.3 is 0 Å². The zero-order valence-electron chi connectivity index (χ0n) is 14.9.